The van der Waals surface area contributed by atoms with Crippen LogP contribution >= 0.6 is 0 Å². The van der Waals surface area contributed by atoms with Crippen molar-refractivity contribution in [2.45, 2.75) is 6.92 Å². The molecule has 0 bridgehead atoms. The summed E-state index contributed by atoms with van der Waals surface area (Å²) in [6.45, 7) is 1.89. The number of benzene rings is 2. The van der Waals surface area contributed by atoms with Gasteiger partial charge in [0, 0.05) is 44.1 Å². The molecular weight excluding hydrogens is 397 g/mol. The van der Waals surface area contributed by atoms with Crippen LogP contribution in [0.25, 0.3) is 22.2 Å². The van der Waals surface area contributed by atoms with Gasteiger partial charge in [-0.2, -0.15) is 0 Å². The molecular formula is C13H12AcN-. The Hall–Kier alpha value is -0.318. The van der Waals surface area contributed by atoms with Crippen molar-refractivity contribution in [3.63, 3.8) is 0 Å². The third-order valence-corrected chi connectivity index (χ3v) is 2.35. The van der Waals surface area contributed by atoms with Crippen molar-refractivity contribution in [1.29, 1.82) is 0 Å². The number of rotatable bonds is 1. The van der Waals surface area contributed by atoms with Crippen molar-refractivity contribution >= 4 is 16.5 Å². The normalized spacial score (nSPS) is 11.1. The van der Waals surface area contributed by atoms with E-state index in [2.05, 4.69) is 24.3 Å². The van der Waals surface area contributed by atoms with Gasteiger partial charge in [0.1, 0.15) is 0 Å². The predicted molar refractivity (Wildman–Crippen MR) is 61.9 cm³/mol. The Morgan fingerprint density at radius 3 is 2.40 bits per heavy atom. The summed E-state index contributed by atoms with van der Waals surface area (Å²) in [6.07, 6.45) is 1.81. The molecule has 0 aromatic heterocycles. The van der Waals surface area contributed by atoms with E-state index in [-0.39, 0.29) is 44.1 Å². The molecule has 0 aliphatic carbocycles. The molecule has 0 saturated heterocycles. The third-order valence-electron chi connectivity index (χ3n) is 2.35. The first-order chi connectivity index (χ1) is 6.81. The quantitative estimate of drug-likeness (QED) is 0.673. The summed E-state index contributed by atoms with van der Waals surface area (Å²) in [5.74, 6) is 0. The van der Waals surface area contributed by atoms with Crippen LogP contribution in [0.4, 0.5) is 0 Å². The second-order valence-corrected chi connectivity index (χ2v) is 3.26. The van der Waals surface area contributed by atoms with Gasteiger partial charge in [0.05, 0.1) is 0 Å². The molecule has 2 aromatic rings. The number of hydrogen-bond donors (Lipinski definition) is 0. The maximum absolute atomic E-state index is 7.70. The molecule has 0 unspecified atom stereocenters. The zero-order valence-electron chi connectivity index (χ0n) is 8.70. The molecule has 2 aromatic carbocycles. The van der Waals surface area contributed by atoms with Crippen molar-refractivity contribution in [2.75, 3.05) is 0 Å². The van der Waals surface area contributed by atoms with Crippen LogP contribution in [-0.2, 0) is 0 Å². The average molecular weight is 409 g/mol. The Morgan fingerprint density at radius 2 is 1.73 bits per heavy atom. The summed E-state index contributed by atoms with van der Waals surface area (Å²) >= 11 is 0. The van der Waals surface area contributed by atoms with Crippen LogP contribution in [0.5, 0.6) is 0 Å². The van der Waals surface area contributed by atoms with Gasteiger partial charge in [-0.05, 0) is 29.3 Å². The van der Waals surface area contributed by atoms with Gasteiger partial charge in [0.2, 0.25) is 0 Å². The molecule has 0 spiro atoms. The van der Waals surface area contributed by atoms with Gasteiger partial charge in [-0.3, -0.25) is 0 Å². The molecule has 1 N–H and O–H groups in total. The molecule has 0 aliphatic heterocycles. The van der Waals surface area contributed by atoms with Crippen LogP contribution in [-0.4, -0.2) is 0 Å². The van der Waals surface area contributed by atoms with Gasteiger partial charge in [0.25, 0.3) is 0 Å². The first kappa shape index (κ1) is 12.7. The van der Waals surface area contributed by atoms with E-state index >= 15 is 0 Å². The Morgan fingerprint density at radius 1 is 1.07 bits per heavy atom. The fraction of sp³-hybridized carbons (Fsp3) is 0.0769. The Balaban J connectivity index is 0.00000112. The van der Waals surface area contributed by atoms with Crippen LogP contribution in [0, 0.1) is 44.1 Å². The second-order valence-electron chi connectivity index (χ2n) is 3.26. The van der Waals surface area contributed by atoms with Gasteiger partial charge < -0.3 is 5.73 Å². The van der Waals surface area contributed by atoms with Crippen LogP contribution < -0.4 is 0 Å². The van der Waals surface area contributed by atoms with Gasteiger partial charge in [-0.1, -0.05) is 36.4 Å². The molecule has 2 heteroatoms. The SMILES string of the molecule is C/C=C(\[NH-])c1ccc2ccccc2c1.[Ac]. The zero-order valence-corrected chi connectivity index (χ0v) is 13.4. The maximum atomic E-state index is 7.70. The Bertz CT molecular complexity index is 489. The van der Waals surface area contributed by atoms with Crippen molar-refractivity contribution in [1.82, 2.24) is 0 Å². The molecule has 0 fully saturated rings. The maximum Gasteiger partial charge on any atom is 0 e. The Labute approximate surface area is 126 Å². The molecule has 0 atom stereocenters. The Kier molecular flexibility index (Phi) is 4.83. The molecule has 0 saturated carbocycles. The van der Waals surface area contributed by atoms with E-state index in [1.165, 1.54) is 10.8 Å². The number of fused-ring (bicyclic) bond motifs is 1. The summed E-state index contributed by atoms with van der Waals surface area (Å²) in [6, 6.07) is 14.3. The second kappa shape index (κ2) is 5.68. The van der Waals surface area contributed by atoms with E-state index in [1.807, 2.05) is 31.2 Å². The van der Waals surface area contributed by atoms with Gasteiger partial charge in [-0.25, -0.2) is 0 Å². The monoisotopic (exact) mass is 409 g/mol. The van der Waals surface area contributed by atoms with E-state index in [0.29, 0.717) is 5.70 Å². The van der Waals surface area contributed by atoms with Gasteiger partial charge >= 0.3 is 0 Å². The summed E-state index contributed by atoms with van der Waals surface area (Å²) < 4.78 is 0. The topological polar surface area (TPSA) is 23.8 Å². The predicted octanol–water partition coefficient (Wildman–Crippen LogP) is 4.25. The molecule has 1 nitrogen and oxygen atoms in total. The molecule has 0 aliphatic rings. The van der Waals surface area contributed by atoms with Crippen molar-refractivity contribution in [2.24, 2.45) is 0 Å². The minimum atomic E-state index is 0. The van der Waals surface area contributed by atoms with E-state index in [9.17, 15) is 0 Å². The summed E-state index contributed by atoms with van der Waals surface area (Å²) in [5.41, 5.74) is 9.26. The fourth-order valence-electron chi connectivity index (χ4n) is 1.52. The standard InChI is InChI=1S/C13H12N.Ac/c1-2-13(14)12-8-7-10-5-3-4-6-11(10)9-12;/h2-9,14H,1H3;/q-1;/b13-2-;. The van der Waals surface area contributed by atoms with E-state index in [0.717, 1.165) is 5.56 Å². The molecule has 0 heterocycles. The molecule has 73 valence electrons. The van der Waals surface area contributed by atoms with Crippen LogP contribution in [0.3, 0.4) is 0 Å². The minimum absolute atomic E-state index is 0. The molecule has 15 heavy (non-hydrogen) atoms. The van der Waals surface area contributed by atoms with E-state index < -0.39 is 0 Å². The smallest absolute Gasteiger partial charge is 0 e. The van der Waals surface area contributed by atoms with Crippen LogP contribution in [0.15, 0.2) is 48.5 Å². The number of nitrogens with one attached hydrogen (secondary N) is 1. The largest absolute Gasteiger partial charge is 0.699 e. The first-order valence-electron chi connectivity index (χ1n) is 4.68. The molecule has 2 rings (SSSR count). The van der Waals surface area contributed by atoms with Crippen LogP contribution in [0.1, 0.15) is 12.5 Å². The summed E-state index contributed by atoms with van der Waals surface area (Å²) in [7, 11) is 0. The molecule has 1 radical (unpaired) electrons. The zero-order chi connectivity index (χ0) is 9.97. The van der Waals surface area contributed by atoms with Crippen molar-refractivity contribution in [3.8, 4) is 0 Å². The fourth-order valence-corrected chi connectivity index (χ4v) is 1.52. The summed E-state index contributed by atoms with van der Waals surface area (Å²) in [5, 5.41) is 2.41. The average Bonchev–Trinajstić information content (AvgIpc) is 2.27. The number of hydrogen-bond acceptors (Lipinski definition) is 0. The minimum Gasteiger partial charge on any atom is -0.699 e. The van der Waals surface area contributed by atoms with Crippen LogP contribution in [0.2, 0.25) is 0 Å². The van der Waals surface area contributed by atoms with E-state index in [4.69, 9.17) is 5.73 Å². The van der Waals surface area contributed by atoms with Crippen molar-refractivity contribution < 1.29 is 44.1 Å². The van der Waals surface area contributed by atoms with Gasteiger partial charge in [-0.15, -0.1) is 11.8 Å². The van der Waals surface area contributed by atoms with E-state index in [1.54, 1.807) is 0 Å². The third kappa shape index (κ3) is 2.83. The van der Waals surface area contributed by atoms with Crippen molar-refractivity contribution in [3.05, 3.63) is 59.8 Å². The van der Waals surface area contributed by atoms with Gasteiger partial charge in [0.15, 0.2) is 0 Å². The molecule has 0 amide bonds. The summed E-state index contributed by atoms with van der Waals surface area (Å²) in [4.78, 5) is 0. The first-order valence-corrected chi connectivity index (χ1v) is 4.68. The number of allylic oxidation sites excluding steroid dienone is 1.